The molecule has 11 heteroatoms. The number of morpholine rings is 1. The van der Waals surface area contributed by atoms with Crippen LogP contribution < -0.4 is 15.6 Å². The van der Waals surface area contributed by atoms with Gasteiger partial charge in [0.1, 0.15) is 0 Å². The van der Waals surface area contributed by atoms with Crippen LogP contribution in [0.5, 0.6) is 0 Å². The van der Waals surface area contributed by atoms with Crippen molar-refractivity contribution >= 4 is 46.2 Å². The maximum atomic E-state index is 11.3. The van der Waals surface area contributed by atoms with Gasteiger partial charge in [-0.25, -0.2) is 5.43 Å². The van der Waals surface area contributed by atoms with E-state index >= 15 is 0 Å². The first-order chi connectivity index (χ1) is 17.2. The lowest BCUT2D eigenvalue weighted by molar-refractivity contribution is -0.385. The minimum absolute atomic E-state index is 0.0407. The molecule has 0 aliphatic carbocycles. The van der Waals surface area contributed by atoms with Crippen LogP contribution in [0.4, 0.5) is 29.2 Å². The highest BCUT2D eigenvalue weighted by molar-refractivity contribution is 5.95. The molecule has 1 aliphatic heterocycles. The Labute approximate surface area is 200 Å². The second-order valence-electron chi connectivity index (χ2n) is 7.72. The van der Waals surface area contributed by atoms with E-state index in [-0.39, 0.29) is 11.6 Å². The Morgan fingerprint density at radius 1 is 0.943 bits per heavy atom. The van der Waals surface area contributed by atoms with Crippen molar-refractivity contribution in [3.63, 3.8) is 0 Å². The summed E-state index contributed by atoms with van der Waals surface area (Å²) in [6.45, 7) is 2.46. The van der Waals surface area contributed by atoms with Crippen molar-refractivity contribution < 1.29 is 9.66 Å². The molecule has 0 saturated carbocycles. The largest absolute Gasteiger partial charge is 0.378 e. The third-order valence-electron chi connectivity index (χ3n) is 5.46. The van der Waals surface area contributed by atoms with Gasteiger partial charge in [0.25, 0.3) is 5.69 Å². The summed E-state index contributed by atoms with van der Waals surface area (Å²) in [5.41, 5.74) is 3.97. The van der Waals surface area contributed by atoms with Crippen molar-refractivity contribution in [1.82, 2.24) is 15.0 Å². The third-order valence-corrected chi connectivity index (χ3v) is 5.46. The zero-order valence-corrected chi connectivity index (χ0v) is 18.7. The van der Waals surface area contributed by atoms with E-state index in [1.807, 2.05) is 47.4 Å². The van der Waals surface area contributed by atoms with Gasteiger partial charge in [-0.1, -0.05) is 48.5 Å². The summed E-state index contributed by atoms with van der Waals surface area (Å²) in [5.74, 6) is 1.04. The van der Waals surface area contributed by atoms with Crippen molar-refractivity contribution in [2.24, 2.45) is 5.10 Å². The Bertz CT molecular complexity index is 1380. The van der Waals surface area contributed by atoms with Crippen LogP contribution in [0.1, 0.15) is 5.56 Å². The van der Waals surface area contributed by atoms with Gasteiger partial charge in [0, 0.05) is 30.2 Å². The molecule has 0 amide bonds. The summed E-state index contributed by atoms with van der Waals surface area (Å²) < 4.78 is 5.45. The smallest absolute Gasteiger partial charge is 0.278 e. The molecule has 1 fully saturated rings. The molecule has 2 heterocycles. The number of aromatic nitrogens is 3. The highest BCUT2D eigenvalue weighted by Crippen LogP contribution is 2.26. The summed E-state index contributed by atoms with van der Waals surface area (Å²) >= 11 is 0. The third kappa shape index (κ3) is 5.14. The monoisotopic (exact) mass is 470 g/mol. The van der Waals surface area contributed by atoms with Gasteiger partial charge in [-0.15, -0.1) is 0 Å². The van der Waals surface area contributed by atoms with Crippen LogP contribution >= 0.6 is 0 Å². The predicted octanol–water partition coefficient (Wildman–Crippen LogP) is 3.96. The lowest BCUT2D eigenvalue weighted by atomic mass is 10.1. The predicted molar refractivity (Wildman–Crippen MR) is 134 cm³/mol. The second-order valence-corrected chi connectivity index (χ2v) is 7.72. The number of para-hydroxylation sites is 1. The highest BCUT2D eigenvalue weighted by Gasteiger charge is 2.17. The van der Waals surface area contributed by atoms with Gasteiger partial charge in [0.2, 0.25) is 17.8 Å². The number of fused-ring (bicyclic) bond motifs is 1. The first-order valence-corrected chi connectivity index (χ1v) is 11.0. The Morgan fingerprint density at radius 2 is 1.69 bits per heavy atom. The number of hydrogen-bond donors (Lipinski definition) is 2. The Morgan fingerprint density at radius 3 is 2.54 bits per heavy atom. The van der Waals surface area contributed by atoms with E-state index in [1.165, 1.54) is 12.3 Å². The quantitative estimate of drug-likeness (QED) is 0.234. The van der Waals surface area contributed by atoms with E-state index < -0.39 is 4.92 Å². The number of nitro groups is 1. The number of nitrogens with zero attached hydrogens (tertiary/aromatic N) is 6. The molecule has 3 aromatic carbocycles. The van der Waals surface area contributed by atoms with Gasteiger partial charge >= 0.3 is 0 Å². The molecule has 35 heavy (non-hydrogen) atoms. The summed E-state index contributed by atoms with van der Waals surface area (Å²) in [6, 6.07) is 20.3. The van der Waals surface area contributed by atoms with Crippen molar-refractivity contribution in [3.05, 3.63) is 82.4 Å². The minimum atomic E-state index is -0.451. The molecule has 0 unspecified atom stereocenters. The Hall–Kier alpha value is -4.64. The molecule has 1 aromatic heterocycles. The van der Waals surface area contributed by atoms with E-state index in [0.717, 1.165) is 16.5 Å². The van der Waals surface area contributed by atoms with Crippen molar-refractivity contribution in [3.8, 4) is 0 Å². The summed E-state index contributed by atoms with van der Waals surface area (Å²) in [5, 5.41) is 20.8. The second kappa shape index (κ2) is 10.1. The van der Waals surface area contributed by atoms with Gasteiger partial charge < -0.3 is 15.0 Å². The fourth-order valence-corrected chi connectivity index (χ4v) is 3.75. The fourth-order valence-electron chi connectivity index (χ4n) is 3.75. The zero-order chi connectivity index (χ0) is 24.0. The normalized spacial score (nSPS) is 13.8. The van der Waals surface area contributed by atoms with Gasteiger partial charge in [-0.05, 0) is 17.5 Å². The lowest BCUT2D eigenvalue weighted by Gasteiger charge is -2.27. The first-order valence-electron chi connectivity index (χ1n) is 11.0. The van der Waals surface area contributed by atoms with Crippen LogP contribution in [0.25, 0.3) is 10.8 Å². The van der Waals surface area contributed by atoms with Gasteiger partial charge in [-0.2, -0.15) is 20.1 Å². The zero-order valence-electron chi connectivity index (χ0n) is 18.7. The van der Waals surface area contributed by atoms with E-state index in [4.69, 9.17) is 4.74 Å². The number of rotatable bonds is 7. The average Bonchev–Trinajstić information content (AvgIpc) is 2.89. The van der Waals surface area contributed by atoms with E-state index in [9.17, 15) is 10.1 Å². The Kier molecular flexibility index (Phi) is 6.39. The van der Waals surface area contributed by atoms with Crippen LogP contribution in [0.2, 0.25) is 0 Å². The molecule has 0 bridgehead atoms. The molecule has 1 aliphatic rings. The van der Waals surface area contributed by atoms with E-state index in [0.29, 0.717) is 43.8 Å². The maximum Gasteiger partial charge on any atom is 0.278 e. The van der Waals surface area contributed by atoms with Gasteiger partial charge in [0.05, 0.1) is 29.9 Å². The minimum Gasteiger partial charge on any atom is -0.378 e. The average molecular weight is 470 g/mol. The number of anilines is 4. The SMILES string of the molecule is O=[N+]([O-])c1ccccc1/C=N/Nc1nc(Nc2cccc3ccccc23)nc(N2CCOCC2)n1. The van der Waals surface area contributed by atoms with Gasteiger partial charge in [-0.3, -0.25) is 10.1 Å². The molecule has 11 nitrogen and oxygen atoms in total. The summed E-state index contributed by atoms with van der Waals surface area (Å²) in [6.07, 6.45) is 1.37. The lowest BCUT2D eigenvalue weighted by Crippen LogP contribution is -2.37. The van der Waals surface area contributed by atoms with Gasteiger partial charge in [0.15, 0.2) is 0 Å². The molecule has 0 radical (unpaired) electrons. The topological polar surface area (TPSA) is 131 Å². The fraction of sp³-hybridized carbons (Fsp3) is 0.167. The van der Waals surface area contributed by atoms with Crippen molar-refractivity contribution in [2.45, 2.75) is 0 Å². The van der Waals surface area contributed by atoms with Crippen molar-refractivity contribution in [1.29, 1.82) is 0 Å². The molecule has 5 rings (SSSR count). The van der Waals surface area contributed by atoms with Crippen molar-refractivity contribution in [2.75, 3.05) is 41.9 Å². The maximum absolute atomic E-state index is 11.3. The number of benzene rings is 3. The number of nitro benzene ring substituents is 1. The van der Waals surface area contributed by atoms with E-state index in [1.54, 1.807) is 18.2 Å². The first kappa shape index (κ1) is 22.2. The molecular weight excluding hydrogens is 448 g/mol. The standard InChI is InChI=1S/C24H22N8O3/c33-32(34)21-11-4-2-7-18(21)16-25-30-23-27-22(28-24(29-23)31-12-14-35-15-13-31)26-20-10-5-8-17-6-1-3-9-19(17)20/h1-11,16H,12-15H2,(H2,26,27,28,29,30)/b25-16+. The number of ether oxygens (including phenoxy) is 1. The van der Waals surface area contributed by atoms with E-state index in [2.05, 4.69) is 30.8 Å². The van der Waals surface area contributed by atoms with Crippen LogP contribution in [-0.2, 0) is 4.74 Å². The summed E-state index contributed by atoms with van der Waals surface area (Å²) in [7, 11) is 0. The molecule has 4 aromatic rings. The van der Waals surface area contributed by atoms with Crippen LogP contribution in [0, 0.1) is 10.1 Å². The molecule has 0 atom stereocenters. The molecule has 2 N–H and O–H groups in total. The highest BCUT2D eigenvalue weighted by atomic mass is 16.6. The summed E-state index contributed by atoms with van der Waals surface area (Å²) in [4.78, 5) is 26.4. The van der Waals surface area contributed by atoms with Crippen LogP contribution in [-0.4, -0.2) is 52.4 Å². The molecule has 176 valence electrons. The molecule has 1 saturated heterocycles. The van der Waals surface area contributed by atoms with Crippen LogP contribution in [0.3, 0.4) is 0 Å². The van der Waals surface area contributed by atoms with Crippen LogP contribution in [0.15, 0.2) is 71.8 Å². The number of hydrogen-bond acceptors (Lipinski definition) is 10. The number of nitrogens with one attached hydrogen (secondary N) is 2. The number of hydrazone groups is 1. The Balaban J connectivity index is 1.45. The molecule has 0 spiro atoms. The molecular formula is C24H22N8O3.